The van der Waals surface area contributed by atoms with Gasteiger partial charge in [0.1, 0.15) is 5.75 Å². The Morgan fingerprint density at radius 2 is 1.73 bits per heavy atom. The quantitative estimate of drug-likeness (QED) is 0.709. The van der Waals surface area contributed by atoms with Gasteiger partial charge in [-0.2, -0.15) is 0 Å². The molecule has 1 atom stereocenters. The number of ether oxygens (including phenoxy) is 1. The molecular weight excluding hydrogens is 378 g/mol. The summed E-state index contributed by atoms with van der Waals surface area (Å²) in [5.41, 5.74) is 0.598. The molecule has 1 aromatic heterocycles. The molecule has 0 bridgehead atoms. The van der Waals surface area contributed by atoms with Gasteiger partial charge in [-0.3, -0.25) is 14.6 Å². The number of nitrogens with one attached hydrogen (secondary N) is 1. The first-order valence-corrected chi connectivity index (χ1v) is 10.3. The van der Waals surface area contributed by atoms with Crippen LogP contribution in [-0.2, 0) is 4.79 Å². The van der Waals surface area contributed by atoms with Crippen molar-refractivity contribution in [3.63, 3.8) is 0 Å². The van der Waals surface area contributed by atoms with E-state index in [0.717, 1.165) is 23.6 Å². The lowest BCUT2D eigenvalue weighted by molar-refractivity contribution is -0.139. The number of carbonyl (C=O) groups is 2. The van der Waals surface area contributed by atoms with Crippen molar-refractivity contribution in [2.75, 3.05) is 13.1 Å². The van der Waals surface area contributed by atoms with Crippen LogP contribution in [-0.4, -0.2) is 46.9 Å². The Kier molecular flexibility index (Phi) is 5.93. The van der Waals surface area contributed by atoms with Gasteiger partial charge in [0.2, 0.25) is 0 Å². The first-order chi connectivity index (χ1) is 14.6. The number of rotatable bonds is 5. The van der Waals surface area contributed by atoms with Crippen LogP contribution >= 0.6 is 0 Å². The Labute approximate surface area is 175 Å². The van der Waals surface area contributed by atoms with Gasteiger partial charge in [0, 0.05) is 37.1 Å². The van der Waals surface area contributed by atoms with Gasteiger partial charge in [-0.15, -0.1) is 0 Å². The average Bonchev–Trinajstić information content (AvgIpc) is 2.79. The largest absolute Gasteiger partial charge is 0.481 e. The predicted molar refractivity (Wildman–Crippen MR) is 115 cm³/mol. The van der Waals surface area contributed by atoms with Crippen LogP contribution in [0.25, 0.3) is 10.8 Å². The molecule has 1 fully saturated rings. The number of hydrogen-bond donors (Lipinski definition) is 1. The van der Waals surface area contributed by atoms with Crippen molar-refractivity contribution in [3.8, 4) is 5.75 Å². The summed E-state index contributed by atoms with van der Waals surface area (Å²) < 4.78 is 5.92. The van der Waals surface area contributed by atoms with E-state index in [9.17, 15) is 9.59 Å². The Balaban J connectivity index is 1.29. The number of aromatic nitrogens is 1. The van der Waals surface area contributed by atoms with E-state index < -0.39 is 6.10 Å². The van der Waals surface area contributed by atoms with Crippen LogP contribution in [0.15, 0.2) is 67.0 Å². The third kappa shape index (κ3) is 4.59. The van der Waals surface area contributed by atoms with E-state index in [2.05, 4.69) is 10.3 Å². The highest BCUT2D eigenvalue weighted by atomic mass is 16.5. The zero-order valence-electron chi connectivity index (χ0n) is 17.0. The minimum absolute atomic E-state index is 0.0259. The van der Waals surface area contributed by atoms with Crippen molar-refractivity contribution in [1.82, 2.24) is 15.2 Å². The molecule has 2 heterocycles. The van der Waals surface area contributed by atoms with Crippen LogP contribution < -0.4 is 10.1 Å². The summed E-state index contributed by atoms with van der Waals surface area (Å²) in [6.07, 6.45) is 4.10. The second-order valence-corrected chi connectivity index (χ2v) is 7.58. The average molecular weight is 403 g/mol. The first kappa shape index (κ1) is 19.9. The van der Waals surface area contributed by atoms with Gasteiger partial charge in [-0.05, 0) is 54.8 Å². The molecule has 154 valence electrons. The van der Waals surface area contributed by atoms with Gasteiger partial charge in [0.15, 0.2) is 6.10 Å². The molecule has 6 heteroatoms. The molecule has 1 aliphatic heterocycles. The summed E-state index contributed by atoms with van der Waals surface area (Å²) in [6.45, 7) is 2.99. The smallest absolute Gasteiger partial charge is 0.263 e. The minimum Gasteiger partial charge on any atom is -0.481 e. The molecule has 0 saturated carbocycles. The summed E-state index contributed by atoms with van der Waals surface area (Å²) >= 11 is 0. The number of likely N-dealkylation sites (tertiary alicyclic amines) is 1. The number of hydrogen-bond acceptors (Lipinski definition) is 4. The number of amides is 2. The number of fused-ring (bicyclic) bond motifs is 1. The van der Waals surface area contributed by atoms with E-state index in [1.165, 1.54) is 0 Å². The summed E-state index contributed by atoms with van der Waals surface area (Å²) in [5.74, 6) is 0.561. The molecule has 30 heavy (non-hydrogen) atoms. The maximum Gasteiger partial charge on any atom is 0.263 e. The Morgan fingerprint density at radius 3 is 2.47 bits per heavy atom. The van der Waals surface area contributed by atoms with E-state index in [4.69, 9.17) is 4.74 Å². The van der Waals surface area contributed by atoms with Gasteiger partial charge in [0.05, 0.1) is 0 Å². The van der Waals surface area contributed by atoms with E-state index >= 15 is 0 Å². The maximum absolute atomic E-state index is 12.8. The van der Waals surface area contributed by atoms with Gasteiger partial charge < -0.3 is 15.0 Å². The van der Waals surface area contributed by atoms with Gasteiger partial charge >= 0.3 is 0 Å². The van der Waals surface area contributed by atoms with Crippen molar-refractivity contribution in [2.24, 2.45) is 0 Å². The molecule has 0 unspecified atom stereocenters. The van der Waals surface area contributed by atoms with Gasteiger partial charge in [-0.1, -0.05) is 30.3 Å². The molecule has 0 radical (unpaired) electrons. The summed E-state index contributed by atoms with van der Waals surface area (Å²) in [4.78, 5) is 30.9. The number of piperidine rings is 1. The highest BCUT2D eigenvalue weighted by Gasteiger charge is 2.28. The number of carbonyl (C=O) groups excluding carboxylic acids is 2. The molecule has 1 aliphatic rings. The third-order valence-electron chi connectivity index (χ3n) is 5.47. The number of nitrogens with zero attached hydrogens (tertiary/aromatic N) is 2. The van der Waals surface area contributed by atoms with Crippen LogP contribution in [0, 0.1) is 0 Å². The molecule has 2 amide bonds. The summed E-state index contributed by atoms with van der Waals surface area (Å²) in [5, 5.41) is 5.27. The molecule has 6 nitrogen and oxygen atoms in total. The molecule has 1 N–H and O–H groups in total. The normalized spacial score (nSPS) is 15.6. The van der Waals surface area contributed by atoms with Crippen LogP contribution in [0.5, 0.6) is 5.75 Å². The third-order valence-corrected chi connectivity index (χ3v) is 5.47. The highest BCUT2D eigenvalue weighted by Crippen LogP contribution is 2.22. The van der Waals surface area contributed by atoms with E-state index in [0.29, 0.717) is 24.4 Å². The second kappa shape index (κ2) is 8.95. The fraction of sp³-hybridized carbons (Fsp3) is 0.292. The zero-order valence-corrected chi connectivity index (χ0v) is 17.0. The van der Waals surface area contributed by atoms with Crippen LogP contribution in [0.1, 0.15) is 30.1 Å². The topological polar surface area (TPSA) is 71.5 Å². The maximum atomic E-state index is 12.8. The Morgan fingerprint density at radius 1 is 1.03 bits per heavy atom. The summed E-state index contributed by atoms with van der Waals surface area (Å²) in [6, 6.07) is 17.4. The van der Waals surface area contributed by atoms with Crippen LogP contribution in [0.2, 0.25) is 0 Å². The summed E-state index contributed by atoms with van der Waals surface area (Å²) in [7, 11) is 0. The van der Waals surface area contributed by atoms with Gasteiger partial charge in [-0.25, -0.2) is 0 Å². The lowest BCUT2D eigenvalue weighted by Gasteiger charge is -2.33. The SMILES string of the molecule is C[C@H](Oc1ccc2ccccc2c1)C(=O)N1CCC(NC(=O)c2ccncc2)CC1. The standard InChI is InChI=1S/C24H25N3O3/c1-17(30-22-7-6-18-4-2-3-5-20(18)16-22)24(29)27-14-10-21(11-15-27)26-23(28)19-8-12-25-13-9-19/h2-9,12-13,16-17,21H,10-11,14-15H2,1H3,(H,26,28)/t17-/m0/s1. The molecule has 4 rings (SSSR count). The zero-order chi connectivity index (χ0) is 20.9. The van der Waals surface area contributed by atoms with Crippen molar-refractivity contribution in [1.29, 1.82) is 0 Å². The lowest BCUT2D eigenvalue weighted by atomic mass is 10.0. The number of pyridine rings is 1. The van der Waals surface area contributed by atoms with E-state index in [-0.39, 0.29) is 17.9 Å². The van der Waals surface area contributed by atoms with Crippen molar-refractivity contribution in [3.05, 3.63) is 72.6 Å². The lowest BCUT2D eigenvalue weighted by Crippen LogP contribution is -2.49. The molecule has 0 aliphatic carbocycles. The van der Waals surface area contributed by atoms with Crippen LogP contribution in [0.4, 0.5) is 0 Å². The predicted octanol–water partition coefficient (Wildman–Crippen LogP) is 3.42. The molecule has 0 spiro atoms. The van der Waals surface area contributed by atoms with Crippen LogP contribution in [0.3, 0.4) is 0 Å². The van der Waals surface area contributed by atoms with Crippen molar-refractivity contribution in [2.45, 2.75) is 31.9 Å². The van der Waals surface area contributed by atoms with E-state index in [1.54, 1.807) is 31.5 Å². The number of benzene rings is 2. The fourth-order valence-electron chi connectivity index (χ4n) is 3.77. The van der Waals surface area contributed by atoms with E-state index in [1.807, 2.05) is 47.4 Å². The van der Waals surface area contributed by atoms with Crippen molar-refractivity contribution < 1.29 is 14.3 Å². The highest BCUT2D eigenvalue weighted by molar-refractivity contribution is 5.94. The fourth-order valence-corrected chi connectivity index (χ4v) is 3.77. The molecule has 3 aromatic rings. The minimum atomic E-state index is -0.561. The molecule has 2 aromatic carbocycles. The molecular formula is C24H25N3O3. The van der Waals surface area contributed by atoms with Gasteiger partial charge in [0.25, 0.3) is 11.8 Å². The monoisotopic (exact) mass is 403 g/mol. The Hall–Kier alpha value is -3.41. The Bertz CT molecular complexity index is 1030. The first-order valence-electron chi connectivity index (χ1n) is 10.3. The molecule has 1 saturated heterocycles. The second-order valence-electron chi connectivity index (χ2n) is 7.58. The van der Waals surface area contributed by atoms with Crippen molar-refractivity contribution >= 4 is 22.6 Å².